The summed E-state index contributed by atoms with van der Waals surface area (Å²) < 4.78 is 22.0. The number of sulfone groups is 1. The SMILES string of the molecule is CCOOC(CCCC(O)S(C)(=O)=O)OOCC. The summed E-state index contributed by atoms with van der Waals surface area (Å²) >= 11 is 0. The van der Waals surface area contributed by atoms with Crippen LogP contribution in [-0.4, -0.2) is 44.7 Å². The normalized spacial score (nSPS) is 14.1. The zero-order chi connectivity index (χ0) is 14.0. The lowest BCUT2D eigenvalue weighted by Gasteiger charge is -2.16. The molecule has 0 aromatic carbocycles. The molecule has 1 N–H and O–H groups in total. The van der Waals surface area contributed by atoms with Crippen molar-refractivity contribution in [2.75, 3.05) is 19.5 Å². The summed E-state index contributed by atoms with van der Waals surface area (Å²) in [6.45, 7) is 4.23. The van der Waals surface area contributed by atoms with Gasteiger partial charge >= 0.3 is 0 Å². The van der Waals surface area contributed by atoms with Crippen molar-refractivity contribution in [2.24, 2.45) is 0 Å². The fourth-order valence-corrected chi connectivity index (χ4v) is 1.67. The minimum Gasteiger partial charge on any atom is -0.377 e. The number of aliphatic hydroxyl groups is 1. The quantitative estimate of drug-likeness (QED) is 0.341. The van der Waals surface area contributed by atoms with E-state index in [-0.39, 0.29) is 6.42 Å². The smallest absolute Gasteiger partial charge is 0.224 e. The standard InChI is InChI=1S/C10H22O7S/c1-4-14-16-10(17-15-5-2)8-6-7-9(11)18(3,12)13/h9-11H,4-8H2,1-3H3. The Labute approximate surface area is 108 Å². The van der Waals surface area contributed by atoms with Gasteiger partial charge in [0.1, 0.15) is 0 Å². The average molecular weight is 286 g/mol. The number of aliphatic hydroxyl groups excluding tert-OH is 1. The van der Waals surface area contributed by atoms with Crippen LogP contribution in [0.3, 0.4) is 0 Å². The zero-order valence-corrected chi connectivity index (χ0v) is 11.8. The third-order valence-corrected chi connectivity index (χ3v) is 3.20. The third-order valence-electron chi connectivity index (χ3n) is 1.97. The Morgan fingerprint density at radius 1 is 1.06 bits per heavy atom. The van der Waals surface area contributed by atoms with E-state index in [2.05, 4.69) is 0 Å². The molecule has 1 unspecified atom stereocenters. The van der Waals surface area contributed by atoms with Crippen LogP contribution in [-0.2, 0) is 29.4 Å². The lowest BCUT2D eigenvalue weighted by atomic mass is 10.2. The highest BCUT2D eigenvalue weighted by Crippen LogP contribution is 2.12. The second kappa shape index (κ2) is 9.65. The Morgan fingerprint density at radius 3 is 1.94 bits per heavy atom. The molecule has 110 valence electrons. The van der Waals surface area contributed by atoms with Gasteiger partial charge in [-0.25, -0.2) is 28.0 Å². The lowest BCUT2D eigenvalue weighted by Crippen LogP contribution is -2.22. The molecule has 0 heterocycles. The molecule has 0 bridgehead atoms. The molecule has 0 aromatic rings. The second-order valence-corrected chi connectivity index (χ2v) is 5.85. The van der Waals surface area contributed by atoms with Crippen LogP contribution in [0.15, 0.2) is 0 Å². The highest BCUT2D eigenvalue weighted by Gasteiger charge is 2.18. The van der Waals surface area contributed by atoms with Crippen molar-refractivity contribution in [1.82, 2.24) is 0 Å². The maximum Gasteiger partial charge on any atom is 0.224 e. The summed E-state index contributed by atoms with van der Waals surface area (Å²) in [5.74, 6) is 0. The van der Waals surface area contributed by atoms with Gasteiger partial charge in [0.15, 0.2) is 15.3 Å². The van der Waals surface area contributed by atoms with Crippen molar-refractivity contribution in [2.45, 2.75) is 44.8 Å². The van der Waals surface area contributed by atoms with Crippen molar-refractivity contribution in [3.8, 4) is 0 Å². The van der Waals surface area contributed by atoms with E-state index in [1.165, 1.54) is 0 Å². The van der Waals surface area contributed by atoms with Crippen LogP contribution in [0.2, 0.25) is 0 Å². The zero-order valence-electron chi connectivity index (χ0n) is 11.0. The Balaban J connectivity index is 3.94. The molecule has 0 fully saturated rings. The van der Waals surface area contributed by atoms with Crippen molar-refractivity contribution >= 4 is 9.84 Å². The van der Waals surface area contributed by atoms with E-state index in [0.29, 0.717) is 26.1 Å². The molecule has 0 aromatic heterocycles. The van der Waals surface area contributed by atoms with Crippen molar-refractivity contribution < 1.29 is 33.1 Å². The molecule has 1 atom stereocenters. The van der Waals surface area contributed by atoms with E-state index in [1.807, 2.05) is 0 Å². The molecular weight excluding hydrogens is 264 g/mol. The number of hydrogen-bond donors (Lipinski definition) is 1. The highest BCUT2D eigenvalue weighted by atomic mass is 32.2. The largest absolute Gasteiger partial charge is 0.377 e. The van der Waals surface area contributed by atoms with Gasteiger partial charge in [-0.1, -0.05) is 0 Å². The van der Waals surface area contributed by atoms with E-state index >= 15 is 0 Å². The van der Waals surface area contributed by atoms with Gasteiger partial charge in [-0.2, -0.15) is 0 Å². The minimum atomic E-state index is -3.42. The topological polar surface area (TPSA) is 91.3 Å². The molecule has 0 radical (unpaired) electrons. The summed E-state index contributed by atoms with van der Waals surface area (Å²) in [5.41, 5.74) is -1.36. The van der Waals surface area contributed by atoms with Gasteiger partial charge in [-0.3, -0.25) is 0 Å². The summed E-state index contributed by atoms with van der Waals surface area (Å²) in [6.07, 6.45) is 1.12. The molecule has 8 heteroatoms. The van der Waals surface area contributed by atoms with Gasteiger partial charge in [0, 0.05) is 12.7 Å². The van der Waals surface area contributed by atoms with E-state index in [9.17, 15) is 13.5 Å². The number of hydrogen-bond acceptors (Lipinski definition) is 7. The monoisotopic (exact) mass is 286 g/mol. The molecule has 0 saturated heterocycles. The minimum absolute atomic E-state index is 0.111. The van der Waals surface area contributed by atoms with Crippen LogP contribution in [0.4, 0.5) is 0 Å². The van der Waals surface area contributed by atoms with E-state index in [0.717, 1.165) is 6.26 Å². The van der Waals surface area contributed by atoms with Gasteiger partial charge < -0.3 is 5.11 Å². The maximum atomic E-state index is 11.0. The van der Waals surface area contributed by atoms with Crippen LogP contribution < -0.4 is 0 Å². The Bertz CT molecular complexity index is 283. The van der Waals surface area contributed by atoms with Crippen LogP contribution in [0.25, 0.3) is 0 Å². The first-order chi connectivity index (χ1) is 8.41. The second-order valence-electron chi connectivity index (χ2n) is 3.65. The van der Waals surface area contributed by atoms with Gasteiger partial charge in [0.05, 0.1) is 13.2 Å². The van der Waals surface area contributed by atoms with Crippen LogP contribution in [0.1, 0.15) is 33.1 Å². The van der Waals surface area contributed by atoms with Crippen LogP contribution in [0.5, 0.6) is 0 Å². The third kappa shape index (κ3) is 8.78. The van der Waals surface area contributed by atoms with Crippen LogP contribution in [0, 0.1) is 0 Å². The first kappa shape index (κ1) is 17.8. The summed E-state index contributed by atoms with van der Waals surface area (Å²) in [5, 5.41) is 9.32. The highest BCUT2D eigenvalue weighted by molar-refractivity contribution is 7.91. The molecule has 0 amide bonds. The molecule has 0 rings (SSSR count). The first-order valence-corrected chi connectivity index (χ1v) is 7.80. The lowest BCUT2D eigenvalue weighted by molar-refractivity contribution is -0.461. The molecule has 0 aliphatic heterocycles. The van der Waals surface area contributed by atoms with Crippen molar-refractivity contribution in [3.05, 3.63) is 0 Å². The Morgan fingerprint density at radius 2 is 1.56 bits per heavy atom. The molecule has 0 spiro atoms. The first-order valence-electron chi connectivity index (χ1n) is 5.85. The predicted octanol–water partition coefficient (Wildman–Crippen LogP) is 0.782. The Hall–Kier alpha value is -0.250. The Kier molecular flexibility index (Phi) is 9.52. The van der Waals surface area contributed by atoms with Gasteiger partial charge in [-0.15, -0.1) is 0 Å². The molecule has 0 aliphatic carbocycles. The van der Waals surface area contributed by atoms with E-state index in [4.69, 9.17) is 19.6 Å². The summed E-state index contributed by atoms with van der Waals surface area (Å²) in [4.78, 5) is 19.2. The van der Waals surface area contributed by atoms with Crippen molar-refractivity contribution in [3.63, 3.8) is 0 Å². The van der Waals surface area contributed by atoms with E-state index in [1.54, 1.807) is 13.8 Å². The molecular formula is C10H22O7S. The average Bonchev–Trinajstić information content (AvgIpc) is 2.30. The predicted molar refractivity (Wildman–Crippen MR) is 63.9 cm³/mol. The van der Waals surface area contributed by atoms with Gasteiger partial charge in [-0.05, 0) is 26.7 Å². The molecule has 0 saturated carbocycles. The fraction of sp³-hybridized carbons (Fsp3) is 1.00. The molecule has 18 heavy (non-hydrogen) atoms. The summed E-state index contributed by atoms with van der Waals surface area (Å²) in [7, 11) is -3.42. The van der Waals surface area contributed by atoms with Crippen LogP contribution >= 0.6 is 0 Å². The van der Waals surface area contributed by atoms with Crippen molar-refractivity contribution in [1.29, 1.82) is 0 Å². The summed E-state index contributed by atoms with van der Waals surface area (Å²) in [6, 6.07) is 0. The number of rotatable bonds is 11. The maximum absolute atomic E-state index is 11.0. The van der Waals surface area contributed by atoms with E-state index < -0.39 is 21.6 Å². The van der Waals surface area contributed by atoms with Gasteiger partial charge in [0.25, 0.3) is 0 Å². The molecule has 7 nitrogen and oxygen atoms in total. The fourth-order valence-electron chi connectivity index (χ4n) is 1.07. The van der Waals surface area contributed by atoms with Gasteiger partial charge in [0.2, 0.25) is 6.29 Å². The molecule has 0 aliphatic rings.